The first-order valence-corrected chi connectivity index (χ1v) is 15.7. The lowest BCUT2D eigenvalue weighted by molar-refractivity contribution is 1.18. The Morgan fingerprint density at radius 1 is 0.341 bits per heavy atom. The number of benzene rings is 7. The fourth-order valence-corrected chi connectivity index (χ4v) is 6.61. The maximum atomic E-state index is 3.58. The average Bonchev–Trinajstić information content (AvgIpc) is 3.43. The second-order valence-electron chi connectivity index (χ2n) is 11.1. The fourth-order valence-electron chi connectivity index (χ4n) is 6.34. The van der Waals surface area contributed by atoms with E-state index in [1.165, 1.54) is 66.3 Å². The van der Waals surface area contributed by atoms with Crippen LogP contribution in [0.15, 0.2) is 174 Å². The van der Waals surface area contributed by atoms with Crippen LogP contribution in [-0.2, 0) is 0 Å². The number of hydrogen-bond donors (Lipinski definition) is 0. The van der Waals surface area contributed by atoms with Gasteiger partial charge in [-0.1, -0.05) is 143 Å². The van der Waals surface area contributed by atoms with Crippen molar-refractivity contribution in [2.45, 2.75) is 0 Å². The normalized spacial score (nSPS) is 11.3. The smallest absolute Gasteiger partial charge is 0.0547 e. The molecule has 1 heterocycles. The van der Waals surface area contributed by atoms with Crippen LogP contribution in [0.3, 0.4) is 0 Å². The van der Waals surface area contributed by atoms with Gasteiger partial charge in [0, 0.05) is 20.9 Å². The Hall–Kier alpha value is -5.18. The summed E-state index contributed by atoms with van der Waals surface area (Å²) in [5, 5.41) is 2.51. The predicted molar refractivity (Wildman–Crippen MR) is 190 cm³/mol. The van der Waals surface area contributed by atoms with Gasteiger partial charge in [-0.25, -0.2) is 0 Å². The van der Waals surface area contributed by atoms with Gasteiger partial charge in [0.25, 0.3) is 0 Å². The fraction of sp³-hybridized carbons (Fsp3) is 0. The Labute approximate surface area is 265 Å². The van der Waals surface area contributed by atoms with E-state index in [1.54, 1.807) is 0 Å². The van der Waals surface area contributed by atoms with Gasteiger partial charge in [-0.2, -0.15) is 0 Å². The van der Waals surface area contributed by atoms with Gasteiger partial charge in [-0.3, -0.25) is 0 Å². The van der Waals surface area contributed by atoms with E-state index in [0.717, 1.165) is 10.2 Å². The summed E-state index contributed by atoms with van der Waals surface area (Å²) >= 11 is 3.58. The molecule has 0 aliphatic carbocycles. The first-order chi connectivity index (χ1) is 21.7. The molecule has 0 aliphatic rings. The SMILES string of the molecule is Brc1ccc(-c2ccccc2-c2ccc3c4ccccc4n(-c4ccc(-c5cccc(-c6ccccc6)c5)cc4)c3c2)cc1. The third-order valence-electron chi connectivity index (χ3n) is 8.50. The Kier molecular flexibility index (Phi) is 6.70. The molecule has 0 radical (unpaired) electrons. The summed E-state index contributed by atoms with van der Waals surface area (Å²) < 4.78 is 3.49. The molecule has 0 fully saturated rings. The van der Waals surface area contributed by atoms with Crippen LogP contribution in [0.2, 0.25) is 0 Å². The summed E-state index contributed by atoms with van der Waals surface area (Å²) in [5.74, 6) is 0. The molecule has 0 spiro atoms. The summed E-state index contributed by atoms with van der Waals surface area (Å²) in [5.41, 5.74) is 13.3. The van der Waals surface area contributed by atoms with Crippen LogP contribution in [0.4, 0.5) is 0 Å². The number of fused-ring (bicyclic) bond motifs is 3. The van der Waals surface area contributed by atoms with Crippen molar-refractivity contribution >= 4 is 37.7 Å². The van der Waals surface area contributed by atoms with Gasteiger partial charge in [0.1, 0.15) is 0 Å². The highest BCUT2D eigenvalue weighted by atomic mass is 79.9. The van der Waals surface area contributed by atoms with E-state index in [2.05, 4.69) is 190 Å². The molecule has 2 heteroatoms. The standard InChI is InChI=1S/C42H28BrN/c43-35-22-17-31(18-23-35)37-13-4-5-14-38(37)34-21-26-40-39-15-6-7-16-41(39)44(42(40)28-34)36-24-19-30(20-25-36)33-12-8-11-32(27-33)29-9-2-1-3-10-29/h1-28H. The van der Waals surface area contributed by atoms with Crippen LogP contribution in [0.1, 0.15) is 0 Å². The Balaban J connectivity index is 1.24. The van der Waals surface area contributed by atoms with Crippen molar-refractivity contribution in [2.24, 2.45) is 0 Å². The topological polar surface area (TPSA) is 4.93 Å². The van der Waals surface area contributed by atoms with Crippen LogP contribution in [0.25, 0.3) is 72.0 Å². The van der Waals surface area contributed by atoms with E-state index >= 15 is 0 Å². The highest BCUT2D eigenvalue weighted by molar-refractivity contribution is 9.10. The second-order valence-corrected chi connectivity index (χ2v) is 12.0. The van der Waals surface area contributed by atoms with Gasteiger partial charge in [0.05, 0.1) is 11.0 Å². The zero-order valence-electron chi connectivity index (χ0n) is 24.0. The Morgan fingerprint density at radius 2 is 0.886 bits per heavy atom. The number of para-hydroxylation sites is 1. The molecule has 0 N–H and O–H groups in total. The summed E-state index contributed by atoms with van der Waals surface area (Å²) in [6, 6.07) is 61.2. The number of aromatic nitrogens is 1. The lowest BCUT2D eigenvalue weighted by atomic mass is 9.94. The Morgan fingerprint density at radius 3 is 1.64 bits per heavy atom. The predicted octanol–water partition coefficient (Wildman–Crippen LogP) is 12.2. The first-order valence-electron chi connectivity index (χ1n) is 14.9. The maximum absolute atomic E-state index is 3.58. The maximum Gasteiger partial charge on any atom is 0.0547 e. The molecular weight excluding hydrogens is 598 g/mol. The van der Waals surface area contributed by atoms with E-state index in [0.29, 0.717) is 0 Å². The van der Waals surface area contributed by atoms with Crippen molar-refractivity contribution in [3.8, 4) is 50.2 Å². The van der Waals surface area contributed by atoms with Crippen LogP contribution in [0, 0.1) is 0 Å². The molecular formula is C42H28BrN. The molecule has 44 heavy (non-hydrogen) atoms. The number of halogens is 1. The molecule has 1 nitrogen and oxygen atoms in total. The van der Waals surface area contributed by atoms with Gasteiger partial charge in [-0.05, 0) is 87.0 Å². The van der Waals surface area contributed by atoms with Gasteiger partial charge < -0.3 is 4.57 Å². The monoisotopic (exact) mass is 625 g/mol. The minimum atomic E-state index is 1.08. The molecule has 1 aromatic heterocycles. The molecule has 208 valence electrons. The summed E-state index contributed by atoms with van der Waals surface area (Å²) in [4.78, 5) is 0. The van der Waals surface area contributed by atoms with Gasteiger partial charge in [0.2, 0.25) is 0 Å². The lowest BCUT2D eigenvalue weighted by Crippen LogP contribution is -1.94. The largest absolute Gasteiger partial charge is 0.309 e. The highest BCUT2D eigenvalue weighted by Gasteiger charge is 2.15. The first kappa shape index (κ1) is 26.4. The molecule has 0 aliphatic heterocycles. The van der Waals surface area contributed by atoms with Crippen molar-refractivity contribution in [3.63, 3.8) is 0 Å². The number of rotatable bonds is 5. The lowest BCUT2D eigenvalue weighted by Gasteiger charge is -2.13. The minimum Gasteiger partial charge on any atom is -0.309 e. The second kappa shape index (κ2) is 11.1. The zero-order valence-corrected chi connectivity index (χ0v) is 25.6. The highest BCUT2D eigenvalue weighted by Crippen LogP contribution is 2.38. The zero-order chi connectivity index (χ0) is 29.5. The van der Waals surface area contributed by atoms with Crippen LogP contribution >= 0.6 is 15.9 Å². The van der Waals surface area contributed by atoms with E-state index in [-0.39, 0.29) is 0 Å². The van der Waals surface area contributed by atoms with Crippen molar-refractivity contribution < 1.29 is 0 Å². The molecule has 0 bridgehead atoms. The quantitative estimate of drug-likeness (QED) is 0.179. The van der Waals surface area contributed by atoms with Crippen LogP contribution < -0.4 is 0 Å². The van der Waals surface area contributed by atoms with Gasteiger partial charge in [0.15, 0.2) is 0 Å². The van der Waals surface area contributed by atoms with E-state index < -0.39 is 0 Å². The number of hydrogen-bond acceptors (Lipinski definition) is 0. The molecule has 0 saturated carbocycles. The van der Waals surface area contributed by atoms with Crippen LogP contribution in [-0.4, -0.2) is 4.57 Å². The van der Waals surface area contributed by atoms with Crippen molar-refractivity contribution in [1.29, 1.82) is 0 Å². The summed E-state index contributed by atoms with van der Waals surface area (Å²) in [6.07, 6.45) is 0. The molecule has 8 aromatic rings. The molecule has 7 aromatic carbocycles. The van der Waals surface area contributed by atoms with Crippen molar-refractivity contribution in [1.82, 2.24) is 4.57 Å². The molecule has 0 saturated heterocycles. The summed E-state index contributed by atoms with van der Waals surface area (Å²) in [6.45, 7) is 0. The number of nitrogens with zero attached hydrogens (tertiary/aromatic N) is 1. The third-order valence-corrected chi connectivity index (χ3v) is 9.02. The molecule has 0 amide bonds. The van der Waals surface area contributed by atoms with Crippen molar-refractivity contribution in [2.75, 3.05) is 0 Å². The third kappa shape index (κ3) is 4.74. The van der Waals surface area contributed by atoms with Gasteiger partial charge in [-0.15, -0.1) is 0 Å². The Bertz CT molecular complexity index is 2260. The van der Waals surface area contributed by atoms with Crippen LogP contribution in [0.5, 0.6) is 0 Å². The average molecular weight is 627 g/mol. The summed E-state index contributed by atoms with van der Waals surface area (Å²) in [7, 11) is 0. The minimum absolute atomic E-state index is 1.08. The van der Waals surface area contributed by atoms with E-state index in [9.17, 15) is 0 Å². The van der Waals surface area contributed by atoms with Crippen molar-refractivity contribution in [3.05, 3.63) is 174 Å². The molecule has 0 atom stereocenters. The van der Waals surface area contributed by atoms with Gasteiger partial charge >= 0.3 is 0 Å². The molecule has 0 unspecified atom stereocenters. The molecule has 8 rings (SSSR count). The van der Waals surface area contributed by atoms with E-state index in [4.69, 9.17) is 0 Å². The van der Waals surface area contributed by atoms with E-state index in [1.807, 2.05) is 0 Å².